The van der Waals surface area contributed by atoms with E-state index in [2.05, 4.69) is 14.6 Å². The molecule has 1 saturated heterocycles. The Morgan fingerprint density at radius 1 is 1.33 bits per heavy atom. The number of rotatable bonds is 7. The Morgan fingerprint density at radius 3 is 2.62 bits per heavy atom. The fourth-order valence-corrected chi connectivity index (χ4v) is 3.25. The standard InChI is InChI=1S/C13H19N3O4S/c17-13(18)11-4-5-12(14-10-11)21(19,20)15-6-3-9-16-7-1-2-8-16/h4-5,10,15H,1-3,6-9H2,(H,17,18). The molecule has 0 spiro atoms. The molecule has 8 heteroatoms. The first-order valence-electron chi connectivity index (χ1n) is 6.90. The van der Waals surface area contributed by atoms with Gasteiger partial charge in [-0.15, -0.1) is 0 Å². The zero-order chi connectivity index (χ0) is 15.3. The Bertz CT molecular complexity index is 580. The molecule has 0 atom stereocenters. The summed E-state index contributed by atoms with van der Waals surface area (Å²) in [5.74, 6) is -1.13. The number of aromatic carboxylic acids is 1. The minimum Gasteiger partial charge on any atom is -0.478 e. The van der Waals surface area contributed by atoms with Gasteiger partial charge >= 0.3 is 5.97 Å². The van der Waals surface area contributed by atoms with Crippen molar-refractivity contribution in [1.82, 2.24) is 14.6 Å². The molecule has 2 rings (SSSR count). The van der Waals surface area contributed by atoms with Gasteiger partial charge in [-0.25, -0.2) is 22.9 Å². The summed E-state index contributed by atoms with van der Waals surface area (Å²) in [6.45, 7) is 3.41. The number of aromatic nitrogens is 1. The fourth-order valence-electron chi connectivity index (χ4n) is 2.26. The third-order valence-corrected chi connectivity index (χ3v) is 4.78. The van der Waals surface area contributed by atoms with Gasteiger partial charge in [0.05, 0.1) is 5.56 Å². The number of carboxylic acids is 1. The van der Waals surface area contributed by atoms with Crippen LogP contribution >= 0.6 is 0 Å². The number of hydrogen-bond donors (Lipinski definition) is 2. The molecule has 1 aliphatic heterocycles. The minimum atomic E-state index is -3.67. The average Bonchev–Trinajstić information content (AvgIpc) is 2.97. The molecule has 0 bridgehead atoms. The zero-order valence-corrected chi connectivity index (χ0v) is 12.5. The molecule has 1 fully saturated rings. The van der Waals surface area contributed by atoms with Gasteiger partial charge in [0.15, 0.2) is 5.03 Å². The van der Waals surface area contributed by atoms with Crippen LogP contribution in [0.1, 0.15) is 29.6 Å². The van der Waals surface area contributed by atoms with Gasteiger partial charge in [-0.1, -0.05) is 0 Å². The molecule has 0 aliphatic carbocycles. The number of carboxylic acid groups (broad SMARTS) is 1. The van der Waals surface area contributed by atoms with E-state index in [1.165, 1.54) is 25.0 Å². The predicted octanol–water partition coefficient (Wildman–Crippen LogP) is 0.544. The Hall–Kier alpha value is -1.51. The number of sulfonamides is 1. The summed E-state index contributed by atoms with van der Waals surface area (Å²) in [4.78, 5) is 16.7. The summed E-state index contributed by atoms with van der Waals surface area (Å²) < 4.78 is 26.4. The Balaban J connectivity index is 1.84. The Morgan fingerprint density at radius 2 is 2.05 bits per heavy atom. The third-order valence-electron chi connectivity index (χ3n) is 3.40. The smallest absolute Gasteiger partial charge is 0.337 e. The normalized spacial score (nSPS) is 16.2. The SMILES string of the molecule is O=C(O)c1ccc(S(=O)(=O)NCCCN2CCCC2)nc1. The van der Waals surface area contributed by atoms with Crippen molar-refractivity contribution in [3.05, 3.63) is 23.9 Å². The number of carbonyl (C=O) groups is 1. The Labute approximate surface area is 124 Å². The van der Waals surface area contributed by atoms with Crippen molar-refractivity contribution in [2.45, 2.75) is 24.3 Å². The first-order valence-corrected chi connectivity index (χ1v) is 8.39. The highest BCUT2D eigenvalue weighted by atomic mass is 32.2. The lowest BCUT2D eigenvalue weighted by molar-refractivity contribution is 0.0696. The van der Waals surface area contributed by atoms with E-state index in [-0.39, 0.29) is 10.6 Å². The highest BCUT2D eigenvalue weighted by Gasteiger charge is 2.16. The molecule has 0 radical (unpaired) electrons. The van der Waals surface area contributed by atoms with Crippen molar-refractivity contribution >= 4 is 16.0 Å². The van der Waals surface area contributed by atoms with Crippen LogP contribution in [0.25, 0.3) is 0 Å². The summed E-state index contributed by atoms with van der Waals surface area (Å²) in [5.41, 5.74) is -0.0389. The van der Waals surface area contributed by atoms with Crippen LogP contribution in [-0.4, -0.2) is 55.6 Å². The van der Waals surface area contributed by atoms with Gasteiger partial charge in [-0.3, -0.25) is 0 Å². The van der Waals surface area contributed by atoms with Crippen LogP contribution in [0.2, 0.25) is 0 Å². The molecule has 0 amide bonds. The van der Waals surface area contributed by atoms with Crippen LogP contribution in [0, 0.1) is 0 Å². The quantitative estimate of drug-likeness (QED) is 0.713. The topological polar surface area (TPSA) is 99.6 Å². The molecule has 2 N–H and O–H groups in total. The lowest BCUT2D eigenvalue weighted by Gasteiger charge is -2.14. The lowest BCUT2D eigenvalue weighted by atomic mass is 10.3. The molecule has 1 aromatic heterocycles. The largest absolute Gasteiger partial charge is 0.478 e. The third kappa shape index (κ3) is 4.48. The van der Waals surface area contributed by atoms with Gasteiger partial charge in [-0.05, 0) is 51.0 Å². The van der Waals surface area contributed by atoms with Crippen LogP contribution in [-0.2, 0) is 10.0 Å². The predicted molar refractivity (Wildman–Crippen MR) is 76.7 cm³/mol. The molecular weight excluding hydrogens is 294 g/mol. The van der Waals surface area contributed by atoms with E-state index in [1.54, 1.807) is 0 Å². The average molecular weight is 313 g/mol. The number of nitrogens with one attached hydrogen (secondary N) is 1. The maximum Gasteiger partial charge on any atom is 0.337 e. The molecule has 1 aromatic rings. The molecule has 21 heavy (non-hydrogen) atoms. The van der Waals surface area contributed by atoms with Crippen LogP contribution < -0.4 is 4.72 Å². The van der Waals surface area contributed by atoms with Crippen molar-refractivity contribution in [2.75, 3.05) is 26.2 Å². The maximum absolute atomic E-state index is 12.0. The van der Waals surface area contributed by atoms with Crippen molar-refractivity contribution in [3.8, 4) is 0 Å². The van der Waals surface area contributed by atoms with Gasteiger partial charge in [-0.2, -0.15) is 0 Å². The molecule has 2 heterocycles. The molecular formula is C13H19N3O4S. The van der Waals surface area contributed by atoms with Crippen LogP contribution in [0.15, 0.2) is 23.4 Å². The van der Waals surface area contributed by atoms with Crippen molar-refractivity contribution in [1.29, 1.82) is 0 Å². The molecule has 0 saturated carbocycles. The fraction of sp³-hybridized carbons (Fsp3) is 0.538. The number of hydrogen-bond acceptors (Lipinski definition) is 5. The van der Waals surface area contributed by atoms with E-state index in [4.69, 9.17) is 5.11 Å². The summed E-state index contributed by atoms with van der Waals surface area (Å²) in [7, 11) is -3.67. The van der Waals surface area contributed by atoms with Crippen LogP contribution in [0.3, 0.4) is 0 Å². The molecule has 7 nitrogen and oxygen atoms in total. The summed E-state index contributed by atoms with van der Waals surface area (Å²) >= 11 is 0. The van der Waals surface area contributed by atoms with E-state index in [0.717, 1.165) is 32.3 Å². The molecule has 1 aliphatic rings. The van der Waals surface area contributed by atoms with E-state index >= 15 is 0 Å². The highest BCUT2D eigenvalue weighted by molar-refractivity contribution is 7.89. The van der Waals surface area contributed by atoms with Crippen molar-refractivity contribution < 1.29 is 18.3 Å². The first kappa shape index (κ1) is 15.9. The van der Waals surface area contributed by atoms with Crippen LogP contribution in [0.5, 0.6) is 0 Å². The first-order chi connectivity index (χ1) is 9.99. The van der Waals surface area contributed by atoms with E-state index in [1.807, 2.05) is 0 Å². The number of nitrogens with zero attached hydrogens (tertiary/aromatic N) is 2. The monoisotopic (exact) mass is 313 g/mol. The van der Waals surface area contributed by atoms with E-state index in [0.29, 0.717) is 6.54 Å². The van der Waals surface area contributed by atoms with Gasteiger partial charge in [0, 0.05) is 12.7 Å². The number of pyridine rings is 1. The van der Waals surface area contributed by atoms with E-state index < -0.39 is 16.0 Å². The number of likely N-dealkylation sites (tertiary alicyclic amines) is 1. The Kier molecular flexibility index (Phi) is 5.27. The highest BCUT2D eigenvalue weighted by Crippen LogP contribution is 2.08. The zero-order valence-electron chi connectivity index (χ0n) is 11.7. The van der Waals surface area contributed by atoms with Gasteiger partial charge < -0.3 is 10.0 Å². The van der Waals surface area contributed by atoms with Crippen molar-refractivity contribution in [3.63, 3.8) is 0 Å². The van der Waals surface area contributed by atoms with Crippen LogP contribution in [0.4, 0.5) is 0 Å². The molecule has 116 valence electrons. The summed E-state index contributed by atoms with van der Waals surface area (Å²) in [6, 6.07) is 2.43. The van der Waals surface area contributed by atoms with E-state index in [9.17, 15) is 13.2 Å². The van der Waals surface area contributed by atoms with Gasteiger partial charge in [0.2, 0.25) is 0 Å². The lowest BCUT2D eigenvalue weighted by Crippen LogP contribution is -2.29. The second-order valence-corrected chi connectivity index (χ2v) is 6.70. The van der Waals surface area contributed by atoms with Gasteiger partial charge in [0.25, 0.3) is 10.0 Å². The molecule has 0 aromatic carbocycles. The second kappa shape index (κ2) is 6.97. The summed E-state index contributed by atoms with van der Waals surface area (Å²) in [6.07, 6.45) is 4.21. The molecule has 0 unspecified atom stereocenters. The minimum absolute atomic E-state index is 0.0389. The second-order valence-electron chi connectivity index (χ2n) is 4.99. The summed E-state index contributed by atoms with van der Waals surface area (Å²) in [5, 5.41) is 8.59. The maximum atomic E-state index is 12.0. The van der Waals surface area contributed by atoms with Crippen molar-refractivity contribution in [2.24, 2.45) is 0 Å². The van der Waals surface area contributed by atoms with Gasteiger partial charge in [0.1, 0.15) is 0 Å².